The molecule has 0 aromatic carbocycles. The summed E-state index contributed by atoms with van der Waals surface area (Å²) in [5.74, 6) is 0.889. The van der Waals surface area contributed by atoms with Gasteiger partial charge in [-0.15, -0.1) is 0 Å². The van der Waals surface area contributed by atoms with E-state index in [0.29, 0.717) is 11.5 Å². The van der Waals surface area contributed by atoms with E-state index in [0.717, 1.165) is 19.1 Å². The third-order valence-electron chi connectivity index (χ3n) is 4.92. The van der Waals surface area contributed by atoms with Gasteiger partial charge >= 0.3 is 0 Å². The van der Waals surface area contributed by atoms with E-state index in [1.54, 1.807) is 0 Å². The molecule has 0 bridgehead atoms. The van der Waals surface area contributed by atoms with Gasteiger partial charge in [0.15, 0.2) is 0 Å². The third-order valence-corrected chi connectivity index (χ3v) is 4.92. The Hall–Kier alpha value is -0.0800. The fourth-order valence-electron chi connectivity index (χ4n) is 3.89. The van der Waals surface area contributed by atoms with E-state index in [2.05, 4.69) is 19.3 Å². The van der Waals surface area contributed by atoms with Crippen molar-refractivity contribution in [2.75, 3.05) is 20.2 Å². The third kappa shape index (κ3) is 2.28. The molecule has 1 aliphatic carbocycles. The molecule has 2 aliphatic rings. The van der Waals surface area contributed by atoms with Gasteiger partial charge in [-0.25, -0.2) is 0 Å². The summed E-state index contributed by atoms with van der Waals surface area (Å²) in [5, 5.41) is 3.42. The summed E-state index contributed by atoms with van der Waals surface area (Å²) in [4.78, 5) is 0. The van der Waals surface area contributed by atoms with E-state index in [1.165, 1.54) is 44.9 Å². The van der Waals surface area contributed by atoms with Crippen molar-refractivity contribution in [2.24, 2.45) is 11.3 Å². The van der Waals surface area contributed by atoms with Crippen LogP contribution in [0.15, 0.2) is 0 Å². The lowest BCUT2D eigenvalue weighted by atomic mass is 9.67. The van der Waals surface area contributed by atoms with Gasteiger partial charge in [-0.05, 0) is 39.2 Å². The summed E-state index contributed by atoms with van der Waals surface area (Å²) in [6.45, 7) is 4.40. The molecule has 0 amide bonds. The van der Waals surface area contributed by atoms with Crippen molar-refractivity contribution < 1.29 is 4.74 Å². The van der Waals surface area contributed by atoms with Gasteiger partial charge in [-0.1, -0.05) is 25.7 Å². The molecule has 2 fully saturated rings. The zero-order valence-corrected chi connectivity index (χ0v) is 10.9. The highest BCUT2D eigenvalue weighted by atomic mass is 16.5. The number of ether oxygens (including phenoxy) is 1. The Bertz CT molecular complexity index is 211. The van der Waals surface area contributed by atoms with Gasteiger partial charge < -0.3 is 10.1 Å². The highest BCUT2D eigenvalue weighted by Gasteiger charge is 2.46. The Morgan fingerprint density at radius 3 is 2.38 bits per heavy atom. The smallest absolute Gasteiger partial charge is 0.0618 e. The molecule has 2 nitrogen and oxygen atoms in total. The van der Waals surface area contributed by atoms with Crippen molar-refractivity contribution in [3.63, 3.8) is 0 Å². The Labute approximate surface area is 100 Å². The fraction of sp³-hybridized carbons (Fsp3) is 1.00. The highest BCUT2D eigenvalue weighted by molar-refractivity contribution is 4.96. The summed E-state index contributed by atoms with van der Waals surface area (Å²) < 4.78 is 5.88. The lowest BCUT2D eigenvalue weighted by Crippen LogP contribution is -2.44. The molecule has 1 aliphatic heterocycles. The Morgan fingerprint density at radius 1 is 1.19 bits per heavy atom. The van der Waals surface area contributed by atoms with Crippen LogP contribution in [0.1, 0.15) is 51.9 Å². The van der Waals surface area contributed by atoms with Crippen LogP contribution in [0.3, 0.4) is 0 Å². The first-order valence-electron chi connectivity index (χ1n) is 7.06. The first-order chi connectivity index (χ1) is 7.79. The summed E-state index contributed by atoms with van der Waals surface area (Å²) in [7, 11) is 2.09. The predicted molar refractivity (Wildman–Crippen MR) is 67.6 cm³/mol. The first kappa shape index (κ1) is 12.4. The fourth-order valence-corrected chi connectivity index (χ4v) is 3.89. The average molecular weight is 225 g/mol. The van der Waals surface area contributed by atoms with Crippen molar-refractivity contribution in [3.8, 4) is 0 Å². The lowest BCUT2D eigenvalue weighted by Gasteiger charge is -2.40. The standard InChI is InChI=1S/C14H27NO/c1-12-14(11-15-2,9-10-16-12)13-7-5-3-4-6-8-13/h12-13,15H,3-11H2,1-2H3. The van der Waals surface area contributed by atoms with Gasteiger partial charge in [0.2, 0.25) is 0 Å². The number of rotatable bonds is 3. The zero-order valence-electron chi connectivity index (χ0n) is 10.9. The minimum Gasteiger partial charge on any atom is -0.378 e. The van der Waals surface area contributed by atoms with Crippen molar-refractivity contribution in [1.82, 2.24) is 5.32 Å². The van der Waals surface area contributed by atoms with Crippen LogP contribution in [0.5, 0.6) is 0 Å². The molecule has 2 rings (SSSR count). The van der Waals surface area contributed by atoms with Gasteiger partial charge in [0.05, 0.1) is 6.10 Å². The minimum atomic E-state index is 0.430. The first-order valence-corrected chi connectivity index (χ1v) is 7.06. The Balaban J connectivity index is 2.10. The Kier molecular flexibility index (Phi) is 4.26. The second-order valence-corrected chi connectivity index (χ2v) is 5.71. The molecule has 2 atom stereocenters. The largest absolute Gasteiger partial charge is 0.378 e. The molecule has 1 saturated carbocycles. The van der Waals surface area contributed by atoms with Crippen LogP contribution in [0.4, 0.5) is 0 Å². The van der Waals surface area contributed by atoms with E-state index in [-0.39, 0.29) is 0 Å². The lowest BCUT2D eigenvalue weighted by molar-refractivity contribution is 0.0234. The van der Waals surface area contributed by atoms with Gasteiger partial charge in [-0.3, -0.25) is 0 Å². The quantitative estimate of drug-likeness (QED) is 0.746. The van der Waals surface area contributed by atoms with Crippen molar-refractivity contribution >= 4 is 0 Å². The molecule has 1 saturated heterocycles. The van der Waals surface area contributed by atoms with E-state index < -0.39 is 0 Å². The number of hydrogen-bond donors (Lipinski definition) is 1. The van der Waals surface area contributed by atoms with Crippen molar-refractivity contribution in [1.29, 1.82) is 0 Å². The SMILES string of the molecule is CNCC1(C2CCCCCC2)CCOC1C. The molecule has 0 spiro atoms. The topological polar surface area (TPSA) is 21.3 Å². The summed E-state index contributed by atoms with van der Waals surface area (Å²) >= 11 is 0. The maximum absolute atomic E-state index is 5.88. The van der Waals surface area contributed by atoms with Crippen LogP contribution in [0.2, 0.25) is 0 Å². The molecule has 2 heteroatoms. The van der Waals surface area contributed by atoms with Gasteiger partial charge in [-0.2, -0.15) is 0 Å². The van der Waals surface area contributed by atoms with Crippen LogP contribution < -0.4 is 5.32 Å². The summed E-state index contributed by atoms with van der Waals surface area (Å²) in [6, 6.07) is 0. The molecule has 0 radical (unpaired) electrons. The molecular formula is C14H27NO. The minimum absolute atomic E-state index is 0.430. The van der Waals surface area contributed by atoms with E-state index in [1.807, 2.05) is 0 Å². The molecule has 1 N–H and O–H groups in total. The molecule has 16 heavy (non-hydrogen) atoms. The monoisotopic (exact) mass is 225 g/mol. The normalized spacial score (nSPS) is 37.5. The van der Waals surface area contributed by atoms with Crippen LogP contribution >= 0.6 is 0 Å². The number of nitrogens with one attached hydrogen (secondary N) is 1. The summed E-state index contributed by atoms with van der Waals surface area (Å²) in [6.07, 6.45) is 10.3. The molecule has 2 unspecified atom stereocenters. The van der Waals surface area contributed by atoms with Gasteiger partial charge in [0.1, 0.15) is 0 Å². The predicted octanol–water partition coefficient (Wildman–Crippen LogP) is 2.97. The maximum Gasteiger partial charge on any atom is 0.0618 e. The summed E-state index contributed by atoms with van der Waals surface area (Å²) in [5.41, 5.74) is 0.430. The van der Waals surface area contributed by atoms with Crippen LogP contribution in [0, 0.1) is 11.3 Å². The second-order valence-electron chi connectivity index (χ2n) is 5.71. The van der Waals surface area contributed by atoms with E-state index in [4.69, 9.17) is 4.74 Å². The molecule has 0 aromatic heterocycles. The van der Waals surface area contributed by atoms with Crippen LogP contribution in [-0.2, 0) is 4.74 Å². The second kappa shape index (κ2) is 5.50. The maximum atomic E-state index is 5.88. The van der Waals surface area contributed by atoms with Crippen LogP contribution in [-0.4, -0.2) is 26.3 Å². The molecule has 1 heterocycles. The van der Waals surface area contributed by atoms with Crippen molar-refractivity contribution in [2.45, 2.75) is 58.0 Å². The molecule has 94 valence electrons. The van der Waals surface area contributed by atoms with E-state index in [9.17, 15) is 0 Å². The van der Waals surface area contributed by atoms with Gasteiger partial charge in [0, 0.05) is 18.6 Å². The zero-order chi connectivity index (χ0) is 11.4. The Morgan fingerprint density at radius 2 is 1.88 bits per heavy atom. The van der Waals surface area contributed by atoms with Crippen LogP contribution in [0.25, 0.3) is 0 Å². The van der Waals surface area contributed by atoms with E-state index >= 15 is 0 Å². The molecular weight excluding hydrogens is 198 g/mol. The average Bonchev–Trinajstić information content (AvgIpc) is 2.55. The van der Waals surface area contributed by atoms with Gasteiger partial charge in [0.25, 0.3) is 0 Å². The number of hydrogen-bond acceptors (Lipinski definition) is 2. The highest BCUT2D eigenvalue weighted by Crippen LogP contribution is 2.46. The molecule has 0 aromatic rings. The van der Waals surface area contributed by atoms with Crippen molar-refractivity contribution in [3.05, 3.63) is 0 Å².